The molecule has 1 aromatic carbocycles. The van der Waals surface area contributed by atoms with Crippen LogP contribution < -0.4 is 11.2 Å². The van der Waals surface area contributed by atoms with Crippen LogP contribution in [0.1, 0.15) is 15.9 Å². The summed E-state index contributed by atoms with van der Waals surface area (Å²) < 4.78 is 1.26. The highest BCUT2D eigenvalue weighted by molar-refractivity contribution is 5.88. The number of carbonyl (C=O) groups excluding carboxylic acids is 1. The van der Waals surface area contributed by atoms with Gasteiger partial charge in [0.25, 0.3) is 5.56 Å². The van der Waals surface area contributed by atoms with Gasteiger partial charge in [0.2, 0.25) is 0 Å². The van der Waals surface area contributed by atoms with Crippen molar-refractivity contribution in [3.8, 4) is 11.5 Å². The minimum Gasteiger partial charge on any atom is -0.394 e. The SMILES string of the molecule is Cc1cc2nc3c(=O)[nH]c(=O)nc-3n(C[C@@H](O)[C@@H](O)[C@@H](O)CO)c2cc1C=O. The van der Waals surface area contributed by atoms with Crippen LogP contribution in [0.25, 0.3) is 22.6 Å². The molecule has 0 spiro atoms. The Labute approximate surface area is 156 Å². The van der Waals surface area contributed by atoms with Gasteiger partial charge in [-0.3, -0.25) is 14.6 Å². The van der Waals surface area contributed by atoms with Crippen LogP contribution in [0.2, 0.25) is 0 Å². The molecule has 0 fully saturated rings. The molecule has 0 amide bonds. The van der Waals surface area contributed by atoms with E-state index >= 15 is 0 Å². The zero-order chi connectivity index (χ0) is 20.6. The number of rotatable bonds is 6. The molecule has 148 valence electrons. The predicted molar refractivity (Wildman–Crippen MR) is 96.3 cm³/mol. The largest absolute Gasteiger partial charge is 0.394 e. The van der Waals surface area contributed by atoms with Gasteiger partial charge in [-0.25, -0.2) is 9.78 Å². The molecule has 0 aromatic heterocycles. The summed E-state index contributed by atoms with van der Waals surface area (Å²) in [6.07, 6.45) is -4.28. The van der Waals surface area contributed by atoms with Crippen LogP contribution in [0.4, 0.5) is 0 Å². The van der Waals surface area contributed by atoms with Crippen LogP contribution in [0.5, 0.6) is 0 Å². The molecule has 11 nitrogen and oxygen atoms in total. The highest BCUT2D eigenvalue weighted by atomic mass is 16.4. The number of fused-ring (bicyclic) bond motifs is 2. The van der Waals surface area contributed by atoms with E-state index in [0.717, 1.165) is 0 Å². The summed E-state index contributed by atoms with van der Waals surface area (Å²) in [4.78, 5) is 45.1. The number of aliphatic hydroxyl groups excluding tert-OH is 4. The molecule has 3 rings (SSSR count). The number of aldehydes is 1. The number of aromatic nitrogens is 4. The Morgan fingerprint density at radius 3 is 2.54 bits per heavy atom. The van der Waals surface area contributed by atoms with Crippen molar-refractivity contribution in [1.82, 2.24) is 19.5 Å². The Kier molecular flexibility index (Phi) is 5.34. The molecule has 0 saturated carbocycles. The summed E-state index contributed by atoms with van der Waals surface area (Å²) in [6, 6.07) is 3.02. The van der Waals surface area contributed by atoms with Crippen molar-refractivity contribution < 1.29 is 25.2 Å². The van der Waals surface area contributed by atoms with Gasteiger partial charge in [-0.1, -0.05) is 0 Å². The lowest BCUT2D eigenvalue weighted by Gasteiger charge is -2.25. The van der Waals surface area contributed by atoms with Crippen molar-refractivity contribution in [3.63, 3.8) is 0 Å². The van der Waals surface area contributed by atoms with Crippen molar-refractivity contribution in [2.75, 3.05) is 6.61 Å². The lowest BCUT2D eigenvalue weighted by atomic mass is 10.1. The first-order valence-electron chi connectivity index (χ1n) is 8.32. The number of H-pyrrole nitrogens is 1. The Bertz CT molecular complexity index is 1120. The molecular weight excluding hydrogens is 372 g/mol. The molecule has 2 aliphatic heterocycles. The van der Waals surface area contributed by atoms with Crippen molar-refractivity contribution in [3.05, 3.63) is 44.1 Å². The molecule has 0 saturated heterocycles. The van der Waals surface area contributed by atoms with E-state index in [1.165, 1.54) is 10.6 Å². The summed E-state index contributed by atoms with van der Waals surface area (Å²) >= 11 is 0. The molecule has 0 aliphatic carbocycles. The summed E-state index contributed by atoms with van der Waals surface area (Å²) in [5.41, 5.74) is -0.390. The predicted octanol–water partition coefficient (Wildman–Crippen LogP) is -2.22. The van der Waals surface area contributed by atoms with Gasteiger partial charge in [-0.15, -0.1) is 0 Å². The maximum atomic E-state index is 12.2. The van der Waals surface area contributed by atoms with Gasteiger partial charge in [-0.2, -0.15) is 4.98 Å². The average molecular weight is 390 g/mol. The lowest BCUT2D eigenvalue weighted by Crippen LogP contribution is -2.42. The fourth-order valence-electron chi connectivity index (χ4n) is 2.93. The van der Waals surface area contributed by atoms with E-state index < -0.39 is 42.7 Å². The highest BCUT2D eigenvalue weighted by Crippen LogP contribution is 2.24. The Balaban J connectivity index is 2.30. The fourth-order valence-corrected chi connectivity index (χ4v) is 2.93. The highest BCUT2D eigenvalue weighted by Gasteiger charge is 2.27. The number of aliphatic hydroxyl groups is 4. The maximum Gasteiger partial charge on any atom is 0.349 e. The Morgan fingerprint density at radius 1 is 1.18 bits per heavy atom. The smallest absolute Gasteiger partial charge is 0.349 e. The van der Waals surface area contributed by atoms with Crippen molar-refractivity contribution in [1.29, 1.82) is 0 Å². The molecule has 2 aliphatic rings. The molecule has 3 atom stereocenters. The molecule has 5 N–H and O–H groups in total. The first kappa shape index (κ1) is 19.8. The molecule has 0 radical (unpaired) electrons. The summed E-state index contributed by atoms with van der Waals surface area (Å²) in [5, 5.41) is 38.8. The van der Waals surface area contributed by atoms with Crippen LogP contribution in [0.3, 0.4) is 0 Å². The number of nitrogens with one attached hydrogen (secondary N) is 1. The summed E-state index contributed by atoms with van der Waals surface area (Å²) in [5.74, 6) is -0.160. The van der Waals surface area contributed by atoms with Gasteiger partial charge >= 0.3 is 5.69 Å². The lowest BCUT2D eigenvalue weighted by molar-refractivity contribution is -0.0802. The van der Waals surface area contributed by atoms with Crippen molar-refractivity contribution in [2.24, 2.45) is 0 Å². The average Bonchev–Trinajstić information content (AvgIpc) is 2.66. The van der Waals surface area contributed by atoms with E-state index in [0.29, 0.717) is 22.9 Å². The number of hydrogen-bond acceptors (Lipinski definition) is 9. The van der Waals surface area contributed by atoms with Crippen LogP contribution in [0, 0.1) is 6.92 Å². The first-order chi connectivity index (χ1) is 13.3. The van der Waals surface area contributed by atoms with Crippen LogP contribution in [0.15, 0.2) is 21.7 Å². The van der Waals surface area contributed by atoms with Gasteiger partial charge in [0.1, 0.15) is 24.6 Å². The van der Waals surface area contributed by atoms with Gasteiger partial charge in [0.05, 0.1) is 24.2 Å². The third-order valence-electron chi connectivity index (χ3n) is 4.47. The fraction of sp³-hybridized carbons (Fsp3) is 0.353. The molecule has 11 heteroatoms. The second-order valence-corrected chi connectivity index (χ2v) is 6.39. The molecule has 2 heterocycles. The minimum atomic E-state index is -1.71. The normalized spacial score (nSPS) is 14.9. The third kappa shape index (κ3) is 3.43. The van der Waals surface area contributed by atoms with E-state index in [2.05, 4.69) is 9.97 Å². The number of aromatic amines is 1. The monoisotopic (exact) mass is 390 g/mol. The number of aryl methyl sites for hydroxylation is 1. The third-order valence-corrected chi connectivity index (χ3v) is 4.47. The summed E-state index contributed by atoms with van der Waals surface area (Å²) in [6.45, 7) is 0.502. The molecule has 28 heavy (non-hydrogen) atoms. The van der Waals surface area contributed by atoms with Gasteiger partial charge in [0, 0.05) is 5.56 Å². The van der Waals surface area contributed by atoms with Gasteiger partial charge in [-0.05, 0) is 24.6 Å². The van der Waals surface area contributed by atoms with E-state index in [1.807, 2.05) is 4.98 Å². The first-order valence-corrected chi connectivity index (χ1v) is 8.32. The number of nitrogens with zero attached hydrogens (tertiary/aromatic N) is 3. The molecular formula is C17H18N4O7. The standard InChI is InChI=1S/C17H18N4O7/c1-7-2-9-10(3-8(7)5-22)21(4-11(24)14(26)12(25)6-23)15-13(18-9)16(27)20-17(28)19-15/h2-3,5,11-12,14,23-26H,4,6H2,1H3,(H,20,27,28)/t11-,12+,14-/m1/s1. The molecule has 0 bridgehead atoms. The van der Waals surface area contributed by atoms with Crippen LogP contribution >= 0.6 is 0 Å². The summed E-state index contributed by atoms with van der Waals surface area (Å²) in [7, 11) is 0. The van der Waals surface area contributed by atoms with E-state index in [9.17, 15) is 29.7 Å². The number of benzene rings is 1. The maximum absolute atomic E-state index is 12.2. The second kappa shape index (κ2) is 7.56. The van der Waals surface area contributed by atoms with E-state index in [-0.39, 0.29) is 17.0 Å². The zero-order valence-corrected chi connectivity index (χ0v) is 14.7. The van der Waals surface area contributed by atoms with E-state index in [1.54, 1.807) is 13.0 Å². The Hall–Kier alpha value is -2.99. The van der Waals surface area contributed by atoms with Crippen molar-refractivity contribution >= 4 is 17.3 Å². The topological polar surface area (TPSA) is 179 Å². The van der Waals surface area contributed by atoms with Crippen LogP contribution in [-0.2, 0) is 6.54 Å². The van der Waals surface area contributed by atoms with Gasteiger partial charge < -0.3 is 25.0 Å². The minimum absolute atomic E-state index is 0.160. The molecule has 0 unspecified atom stereocenters. The molecule has 1 aromatic rings. The second-order valence-electron chi connectivity index (χ2n) is 6.39. The van der Waals surface area contributed by atoms with Crippen LogP contribution in [-0.4, -0.2) is 71.2 Å². The number of carbonyl (C=O) groups is 1. The quantitative estimate of drug-likeness (QED) is 0.230. The Morgan fingerprint density at radius 2 is 1.89 bits per heavy atom. The van der Waals surface area contributed by atoms with Crippen molar-refractivity contribution in [2.45, 2.75) is 31.8 Å². The zero-order valence-electron chi connectivity index (χ0n) is 14.7. The number of hydrogen-bond donors (Lipinski definition) is 5. The van der Waals surface area contributed by atoms with E-state index in [4.69, 9.17) is 5.11 Å². The van der Waals surface area contributed by atoms with Gasteiger partial charge in [0.15, 0.2) is 11.5 Å².